The number of H-pyrrole nitrogens is 1. The Morgan fingerprint density at radius 2 is 1.85 bits per heavy atom. The number of nitrogens with one attached hydrogen (secondary N) is 2. The van der Waals surface area contributed by atoms with Gasteiger partial charge in [-0.05, 0) is 0 Å². The van der Waals surface area contributed by atoms with Gasteiger partial charge in [0, 0.05) is 12.8 Å². The molecule has 1 aliphatic heterocycles. The van der Waals surface area contributed by atoms with E-state index in [-0.39, 0.29) is 12.8 Å². The number of carbonyl (C=O) groups is 4. The molecule has 0 unspecified atom stereocenters. The van der Waals surface area contributed by atoms with Crippen molar-refractivity contribution in [2.75, 3.05) is 6.61 Å². The van der Waals surface area contributed by atoms with E-state index in [1.807, 2.05) is 0 Å². The van der Waals surface area contributed by atoms with Crippen molar-refractivity contribution in [1.29, 1.82) is 0 Å². The van der Waals surface area contributed by atoms with Crippen LogP contribution in [0.1, 0.15) is 19.3 Å². The fourth-order valence-electron chi connectivity index (χ4n) is 1.83. The SMILES string of the molecule is O=C(CCOC(=O)NCn1cc(F)c(=O)[nH]c1=O)ON1C(=O)CCC1=O. The number of nitrogens with zero attached hydrogens (tertiary/aromatic N) is 2. The lowest BCUT2D eigenvalue weighted by atomic mass is 10.4. The second-order valence-corrected chi connectivity index (χ2v) is 4.97. The maximum Gasteiger partial charge on any atom is 0.408 e. The van der Waals surface area contributed by atoms with Gasteiger partial charge in [0.1, 0.15) is 13.3 Å². The first kappa shape index (κ1) is 18.8. The van der Waals surface area contributed by atoms with Gasteiger partial charge in [0.25, 0.3) is 17.4 Å². The van der Waals surface area contributed by atoms with Gasteiger partial charge in [-0.3, -0.25) is 23.9 Å². The molecule has 1 aliphatic rings. The van der Waals surface area contributed by atoms with Gasteiger partial charge in [0.2, 0.25) is 5.82 Å². The minimum atomic E-state index is -1.21. The molecule has 1 aromatic rings. The maximum atomic E-state index is 13.0. The zero-order chi connectivity index (χ0) is 19.3. The molecule has 0 aliphatic carbocycles. The molecule has 2 N–H and O–H groups in total. The molecule has 0 atom stereocenters. The van der Waals surface area contributed by atoms with Crippen LogP contribution in [0.25, 0.3) is 0 Å². The van der Waals surface area contributed by atoms with E-state index in [4.69, 9.17) is 0 Å². The largest absolute Gasteiger partial charge is 0.449 e. The van der Waals surface area contributed by atoms with Crippen molar-refractivity contribution in [1.82, 2.24) is 19.9 Å². The summed E-state index contributed by atoms with van der Waals surface area (Å²) in [4.78, 5) is 73.8. The third-order valence-corrected chi connectivity index (χ3v) is 3.10. The molecule has 13 heteroatoms. The number of aromatic nitrogens is 2. The van der Waals surface area contributed by atoms with Crippen LogP contribution in [0.3, 0.4) is 0 Å². The number of hydrogen-bond acceptors (Lipinski definition) is 8. The van der Waals surface area contributed by atoms with Gasteiger partial charge in [0.15, 0.2) is 0 Å². The second-order valence-electron chi connectivity index (χ2n) is 4.97. The van der Waals surface area contributed by atoms with Crippen molar-refractivity contribution >= 4 is 23.9 Å². The summed E-state index contributed by atoms with van der Waals surface area (Å²) in [6.07, 6.45) is -0.962. The first-order valence-corrected chi connectivity index (χ1v) is 7.24. The summed E-state index contributed by atoms with van der Waals surface area (Å²) in [6.45, 7) is -0.928. The summed E-state index contributed by atoms with van der Waals surface area (Å²) in [5.74, 6) is -3.45. The van der Waals surface area contributed by atoms with Crippen LogP contribution in [0.2, 0.25) is 0 Å². The molecule has 0 saturated carbocycles. The molecule has 1 saturated heterocycles. The highest BCUT2D eigenvalue weighted by molar-refractivity contribution is 6.01. The first-order valence-electron chi connectivity index (χ1n) is 7.24. The van der Waals surface area contributed by atoms with Gasteiger partial charge >= 0.3 is 17.8 Å². The van der Waals surface area contributed by atoms with Gasteiger partial charge in [0.05, 0.1) is 12.6 Å². The average Bonchev–Trinajstić information content (AvgIpc) is 2.89. The highest BCUT2D eigenvalue weighted by Crippen LogP contribution is 2.12. The smallest absolute Gasteiger partial charge is 0.408 e. The van der Waals surface area contributed by atoms with Gasteiger partial charge in [-0.25, -0.2) is 14.4 Å². The summed E-state index contributed by atoms with van der Waals surface area (Å²) >= 11 is 0. The normalized spacial score (nSPS) is 13.7. The van der Waals surface area contributed by atoms with Crippen LogP contribution in [0.15, 0.2) is 15.8 Å². The minimum Gasteiger partial charge on any atom is -0.449 e. The molecular weight excluding hydrogens is 359 g/mol. The Morgan fingerprint density at radius 1 is 1.19 bits per heavy atom. The van der Waals surface area contributed by atoms with Crippen molar-refractivity contribution < 1.29 is 33.1 Å². The number of ether oxygens (including phenoxy) is 1. The monoisotopic (exact) mass is 372 g/mol. The minimum absolute atomic E-state index is 0.0459. The van der Waals surface area contributed by atoms with Crippen LogP contribution in [0.5, 0.6) is 0 Å². The Balaban J connectivity index is 1.72. The number of hydrogen-bond donors (Lipinski definition) is 2. The Hall–Kier alpha value is -3.51. The average molecular weight is 372 g/mol. The van der Waals surface area contributed by atoms with Gasteiger partial charge < -0.3 is 14.9 Å². The zero-order valence-electron chi connectivity index (χ0n) is 13.2. The number of halogens is 1. The lowest BCUT2D eigenvalue weighted by Crippen LogP contribution is -2.37. The fourth-order valence-corrected chi connectivity index (χ4v) is 1.83. The van der Waals surface area contributed by atoms with Crippen LogP contribution in [0, 0.1) is 5.82 Å². The fraction of sp³-hybridized carbons (Fsp3) is 0.385. The lowest BCUT2D eigenvalue weighted by Gasteiger charge is -2.12. The molecule has 140 valence electrons. The number of aromatic amines is 1. The van der Waals surface area contributed by atoms with Crippen LogP contribution in [-0.4, -0.2) is 45.1 Å². The summed E-state index contributed by atoms with van der Waals surface area (Å²) < 4.78 is 18.4. The Labute approximate surface area is 143 Å². The van der Waals surface area contributed by atoms with E-state index in [0.717, 1.165) is 0 Å². The summed E-state index contributed by atoms with van der Waals surface area (Å²) in [6, 6.07) is 0. The standard InChI is InChI=1S/C13H13FN4O8/c14-7-5-17(12(23)16-11(7)22)6-15-13(24)25-4-3-10(21)26-18-8(19)1-2-9(18)20/h5H,1-4,6H2,(H,15,24)(H,16,22,23). The molecule has 0 bridgehead atoms. The maximum absolute atomic E-state index is 13.0. The number of rotatable bonds is 6. The highest BCUT2D eigenvalue weighted by Gasteiger charge is 2.32. The van der Waals surface area contributed by atoms with Gasteiger partial charge in [-0.15, -0.1) is 5.06 Å². The molecule has 1 fully saturated rings. The number of alkyl carbamates (subject to hydrolysis) is 1. The summed E-state index contributed by atoms with van der Waals surface area (Å²) in [5.41, 5.74) is -2.14. The van der Waals surface area contributed by atoms with Crippen molar-refractivity contribution in [3.63, 3.8) is 0 Å². The Morgan fingerprint density at radius 3 is 2.50 bits per heavy atom. The predicted octanol–water partition coefficient (Wildman–Crippen LogP) is -1.64. The van der Waals surface area contributed by atoms with Crippen molar-refractivity contribution in [2.45, 2.75) is 25.9 Å². The number of amides is 3. The van der Waals surface area contributed by atoms with E-state index in [1.165, 1.54) is 0 Å². The zero-order valence-corrected chi connectivity index (χ0v) is 13.2. The predicted molar refractivity (Wildman–Crippen MR) is 77.6 cm³/mol. The van der Waals surface area contributed by atoms with E-state index in [9.17, 15) is 33.2 Å². The van der Waals surface area contributed by atoms with E-state index >= 15 is 0 Å². The number of imide groups is 1. The van der Waals surface area contributed by atoms with Gasteiger partial charge in [-0.1, -0.05) is 0 Å². The molecule has 26 heavy (non-hydrogen) atoms. The molecule has 2 rings (SSSR count). The topological polar surface area (TPSA) is 157 Å². The van der Waals surface area contributed by atoms with Gasteiger partial charge in [-0.2, -0.15) is 4.39 Å². The van der Waals surface area contributed by atoms with Crippen LogP contribution in [0.4, 0.5) is 9.18 Å². The van der Waals surface area contributed by atoms with E-state index in [0.29, 0.717) is 15.8 Å². The molecule has 1 aromatic heterocycles. The molecule has 0 aromatic carbocycles. The van der Waals surface area contributed by atoms with Crippen LogP contribution < -0.4 is 16.6 Å². The van der Waals surface area contributed by atoms with Crippen molar-refractivity contribution in [3.05, 3.63) is 32.9 Å². The lowest BCUT2D eigenvalue weighted by molar-refractivity contribution is -0.197. The molecule has 3 amide bonds. The summed E-state index contributed by atoms with van der Waals surface area (Å²) in [5, 5.41) is 2.45. The Kier molecular flexibility index (Phi) is 5.82. The van der Waals surface area contributed by atoms with E-state index in [1.54, 1.807) is 4.98 Å². The molecule has 0 radical (unpaired) electrons. The second kappa shape index (κ2) is 8.04. The third kappa shape index (κ3) is 4.75. The first-order chi connectivity index (χ1) is 12.3. The Bertz CT molecular complexity index is 844. The number of hydroxylamine groups is 2. The third-order valence-electron chi connectivity index (χ3n) is 3.10. The van der Waals surface area contributed by atoms with Crippen molar-refractivity contribution in [3.8, 4) is 0 Å². The number of carbonyl (C=O) groups excluding carboxylic acids is 4. The molecule has 2 heterocycles. The summed E-state index contributed by atoms with van der Waals surface area (Å²) in [7, 11) is 0. The van der Waals surface area contributed by atoms with Crippen LogP contribution >= 0.6 is 0 Å². The van der Waals surface area contributed by atoms with E-state index in [2.05, 4.69) is 14.9 Å². The van der Waals surface area contributed by atoms with Crippen LogP contribution in [-0.2, 0) is 30.6 Å². The molecule has 12 nitrogen and oxygen atoms in total. The highest BCUT2D eigenvalue weighted by atomic mass is 19.1. The molecule has 0 spiro atoms. The van der Waals surface area contributed by atoms with E-state index < -0.39 is 60.6 Å². The molecular formula is C13H13FN4O8. The van der Waals surface area contributed by atoms with Crippen molar-refractivity contribution in [2.24, 2.45) is 0 Å². The quantitative estimate of drug-likeness (QED) is 0.563.